The standard InChI is InChI=1S/C16H21NO/c1-12(18)9-15-10-14-7-2-3-8-16(14)17(15)11-13-5-4-6-13/h2-3,7-8,13,15H,4-6,9-11H2,1H3. The Kier molecular flexibility index (Phi) is 3.11. The van der Waals surface area contributed by atoms with E-state index in [2.05, 4.69) is 29.2 Å². The predicted octanol–water partition coefficient (Wildman–Crippen LogP) is 3.20. The minimum Gasteiger partial charge on any atom is -0.367 e. The fourth-order valence-corrected chi connectivity index (χ4v) is 3.24. The van der Waals surface area contributed by atoms with E-state index in [0.29, 0.717) is 18.2 Å². The molecule has 96 valence electrons. The maximum absolute atomic E-state index is 11.4. The summed E-state index contributed by atoms with van der Waals surface area (Å²) in [4.78, 5) is 13.9. The van der Waals surface area contributed by atoms with E-state index in [0.717, 1.165) is 18.9 Å². The maximum Gasteiger partial charge on any atom is 0.131 e. The van der Waals surface area contributed by atoms with Crippen LogP contribution in [0.25, 0.3) is 0 Å². The van der Waals surface area contributed by atoms with Crippen molar-refractivity contribution in [3.8, 4) is 0 Å². The fourth-order valence-electron chi connectivity index (χ4n) is 3.24. The summed E-state index contributed by atoms with van der Waals surface area (Å²) in [5.74, 6) is 1.16. The number of fused-ring (bicyclic) bond motifs is 1. The molecule has 1 saturated carbocycles. The Hall–Kier alpha value is -1.31. The van der Waals surface area contributed by atoms with Gasteiger partial charge in [0.15, 0.2) is 0 Å². The first-order valence-electron chi connectivity index (χ1n) is 7.08. The maximum atomic E-state index is 11.4. The molecule has 1 aliphatic carbocycles. The molecule has 1 atom stereocenters. The lowest BCUT2D eigenvalue weighted by Crippen LogP contribution is -2.39. The van der Waals surface area contributed by atoms with Crippen molar-refractivity contribution in [2.75, 3.05) is 11.4 Å². The van der Waals surface area contributed by atoms with Crippen LogP contribution in [0, 0.1) is 5.92 Å². The summed E-state index contributed by atoms with van der Waals surface area (Å²) in [5, 5.41) is 0. The quantitative estimate of drug-likeness (QED) is 0.809. The van der Waals surface area contributed by atoms with Gasteiger partial charge < -0.3 is 4.90 Å². The van der Waals surface area contributed by atoms with Gasteiger partial charge in [-0.2, -0.15) is 0 Å². The molecule has 1 aromatic rings. The first kappa shape index (κ1) is 11.8. The first-order chi connectivity index (χ1) is 8.74. The molecule has 18 heavy (non-hydrogen) atoms. The second kappa shape index (κ2) is 4.75. The molecule has 0 aromatic heterocycles. The average Bonchev–Trinajstić information content (AvgIpc) is 2.60. The summed E-state index contributed by atoms with van der Waals surface area (Å²) in [6.45, 7) is 2.86. The number of rotatable bonds is 4. The van der Waals surface area contributed by atoms with Crippen LogP contribution in [0.1, 0.15) is 38.2 Å². The third-order valence-corrected chi connectivity index (χ3v) is 4.40. The zero-order chi connectivity index (χ0) is 12.5. The molecule has 1 fully saturated rings. The van der Waals surface area contributed by atoms with E-state index >= 15 is 0 Å². The third kappa shape index (κ3) is 2.16. The van der Waals surface area contributed by atoms with Gasteiger partial charge in [-0.3, -0.25) is 4.79 Å². The van der Waals surface area contributed by atoms with Crippen LogP contribution in [-0.4, -0.2) is 18.4 Å². The molecule has 0 amide bonds. The predicted molar refractivity (Wildman–Crippen MR) is 73.9 cm³/mol. The van der Waals surface area contributed by atoms with Gasteiger partial charge in [-0.05, 0) is 43.7 Å². The van der Waals surface area contributed by atoms with Crippen LogP contribution in [0.5, 0.6) is 0 Å². The zero-order valence-corrected chi connectivity index (χ0v) is 11.1. The Morgan fingerprint density at radius 2 is 2.11 bits per heavy atom. The van der Waals surface area contributed by atoms with Gasteiger partial charge in [0.25, 0.3) is 0 Å². The lowest BCUT2D eigenvalue weighted by Gasteiger charge is -2.35. The number of carbonyl (C=O) groups excluding carboxylic acids is 1. The lowest BCUT2D eigenvalue weighted by molar-refractivity contribution is -0.117. The molecule has 0 radical (unpaired) electrons. The van der Waals surface area contributed by atoms with Gasteiger partial charge in [-0.15, -0.1) is 0 Å². The van der Waals surface area contributed by atoms with Crippen molar-refractivity contribution in [2.24, 2.45) is 5.92 Å². The number of nitrogens with zero attached hydrogens (tertiary/aromatic N) is 1. The molecule has 1 aliphatic heterocycles. The summed E-state index contributed by atoms with van der Waals surface area (Å²) in [7, 11) is 0. The molecule has 1 unspecified atom stereocenters. The van der Waals surface area contributed by atoms with Crippen LogP contribution in [0.15, 0.2) is 24.3 Å². The van der Waals surface area contributed by atoms with Crippen molar-refractivity contribution in [1.29, 1.82) is 0 Å². The molecular formula is C16H21NO. The Bertz CT molecular complexity index is 450. The fraction of sp³-hybridized carbons (Fsp3) is 0.562. The van der Waals surface area contributed by atoms with Gasteiger partial charge in [-0.25, -0.2) is 0 Å². The van der Waals surface area contributed by atoms with Gasteiger partial charge in [0.05, 0.1) is 0 Å². The normalized spacial score (nSPS) is 22.7. The largest absolute Gasteiger partial charge is 0.367 e. The van der Waals surface area contributed by atoms with E-state index in [4.69, 9.17) is 0 Å². The van der Waals surface area contributed by atoms with Gasteiger partial charge in [0, 0.05) is 24.7 Å². The highest BCUT2D eigenvalue weighted by molar-refractivity contribution is 5.77. The number of hydrogen-bond donors (Lipinski definition) is 0. The van der Waals surface area contributed by atoms with Crippen LogP contribution in [0.4, 0.5) is 5.69 Å². The van der Waals surface area contributed by atoms with Crippen LogP contribution >= 0.6 is 0 Å². The van der Waals surface area contributed by atoms with E-state index in [1.165, 1.54) is 30.5 Å². The monoisotopic (exact) mass is 243 g/mol. The van der Waals surface area contributed by atoms with Crippen molar-refractivity contribution in [1.82, 2.24) is 0 Å². The van der Waals surface area contributed by atoms with Crippen LogP contribution in [-0.2, 0) is 11.2 Å². The second-order valence-corrected chi connectivity index (χ2v) is 5.84. The molecular weight excluding hydrogens is 222 g/mol. The van der Waals surface area contributed by atoms with Crippen molar-refractivity contribution in [2.45, 2.75) is 45.1 Å². The van der Waals surface area contributed by atoms with Gasteiger partial charge in [-0.1, -0.05) is 24.6 Å². The Balaban J connectivity index is 1.81. The molecule has 1 aromatic carbocycles. The van der Waals surface area contributed by atoms with Crippen molar-refractivity contribution in [3.05, 3.63) is 29.8 Å². The molecule has 0 N–H and O–H groups in total. The molecule has 2 aliphatic rings. The topological polar surface area (TPSA) is 20.3 Å². The molecule has 2 heteroatoms. The van der Waals surface area contributed by atoms with E-state index in [-0.39, 0.29) is 0 Å². The molecule has 3 rings (SSSR count). The van der Waals surface area contributed by atoms with E-state index in [1.54, 1.807) is 6.92 Å². The van der Waals surface area contributed by atoms with E-state index < -0.39 is 0 Å². The summed E-state index contributed by atoms with van der Waals surface area (Å²) in [6.07, 6.45) is 5.86. The number of ketones is 1. The highest BCUT2D eigenvalue weighted by Crippen LogP contribution is 2.37. The number of Topliss-reactive ketones (excluding diaryl/α,β-unsaturated/α-hetero) is 1. The Labute approximate surface area is 109 Å². The zero-order valence-electron chi connectivity index (χ0n) is 11.1. The van der Waals surface area contributed by atoms with E-state index in [9.17, 15) is 4.79 Å². The second-order valence-electron chi connectivity index (χ2n) is 5.84. The SMILES string of the molecule is CC(=O)CC1Cc2ccccc2N1CC1CCC1. The minimum atomic E-state index is 0.311. The molecule has 0 saturated heterocycles. The van der Waals surface area contributed by atoms with Crippen LogP contribution < -0.4 is 4.90 Å². The number of anilines is 1. The summed E-state index contributed by atoms with van der Waals surface area (Å²) in [6, 6.07) is 9.05. The van der Waals surface area contributed by atoms with Crippen molar-refractivity contribution in [3.63, 3.8) is 0 Å². The highest BCUT2D eigenvalue weighted by Gasteiger charge is 2.32. The number of hydrogen-bond acceptors (Lipinski definition) is 2. The Morgan fingerprint density at radius 3 is 2.78 bits per heavy atom. The summed E-state index contributed by atoms with van der Waals surface area (Å²) >= 11 is 0. The summed E-state index contributed by atoms with van der Waals surface area (Å²) in [5.41, 5.74) is 2.79. The van der Waals surface area contributed by atoms with Gasteiger partial charge >= 0.3 is 0 Å². The number of para-hydroxylation sites is 1. The average molecular weight is 243 g/mol. The molecule has 2 nitrogen and oxygen atoms in total. The van der Waals surface area contributed by atoms with Crippen LogP contribution in [0.2, 0.25) is 0 Å². The van der Waals surface area contributed by atoms with Crippen LogP contribution in [0.3, 0.4) is 0 Å². The third-order valence-electron chi connectivity index (χ3n) is 4.40. The van der Waals surface area contributed by atoms with E-state index in [1.807, 2.05) is 0 Å². The van der Waals surface area contributed by atoms with Crippen molar-refractivity contribution < 1.29 is 4.79 Å². The smallest absolute Gasteiger partial charge is 0.131 e. The minimum absolute atomic E-state index is 0.311. The summed E-state index contributed by atoms with van der Waals surface area (Å²) < 4.78 is 0. The van der Waals surface area contributed by atoms with Crippen molar-refractivity contribution >= 4 is 11.5 Å². The molecule has 1 heterocycles. The Morgan fingerprint density at radius 1 is 1.33 bits per heavy atom. The highest BCUT2D eigenvalue weighted by atomic mass is 16.1. The molecule has 0 spiro atoms. The first-order valence-corrected chi connectivity index (χ1v) is 7.08. The number of benzene rings is 1. The lowest BCUT2D eigenvalue weighted by atomic mass is 9.85. The van der Waals surface area contributed by atoms with Gasteiger partial charge in [0.1, 0.15) is 5.78 Å². The van der Waals surface area contributed by atoms with Gasteiger partial charge in [0.2, 0.25) is 0 Å². The number of carbonyl (C=O) groups is 1. The molecule has 0 bridgehead atoms.